The Kier molecular flexibility index (Phi) is 5.33. The van der Waals surface area contributed by atoms with Gasteiger partial charge in [0.1, 0.15) is 0 Å². The van der Waals surface area contributed by atoms with Gasteiger partial charge >= 0.3 is 0 Å². The number of benzene rings is 1. The van der Waals surface area contributed by atoms with Gasteiger partial charge in [-0.15, -0.1) is 0 Å². The summed E-state index contributed by atoms with van der Waals surface area (Å²) in [6.07, 6.45) is 1.06. The Morgan fingerprint density at radius 3 is 2.10 bits per heavy atom. The molecule has 0 radical (unpaired) electrons. The van der Waals surface area contributed by atoms with Gasteiger partial charge in [0.05, 0.1) is 10.6 Å². The third kappa shape index (κ3) is 4.33. The average Bonchev–Trinajstić information content (AvgIpc) is 2.36. The van der Waals surface area contributed by atoms with Crippen LogP contribution in [0.2, 0.25) is 0 Å². The highest BCUT2D eigenvalue weighted by Gasteiger charge is 2.17. The number of carbonyl (C=O) groups excluding carboxylic acids is 2. The minimum absolute atomic E-state index is 0.0882. The van der Waals surface area contributed by atoms with E-state index in [2.05, 4.69) is 11.9 Å². The zero-order valence-corrected chi connectivity index (χ0v) is 12.7. The van der Waals surface area contributed by atoms with Gasteiger partial charge in [-0.25, -0.2) is 8.42 Å². The molecule has 0 saturated carbocycles. The lowest BCUT2D eigenvalue weighted by Crippen LogP contribution is -2.30. The largest absolute Gasteiger partial charge is 0.321 e. The molecule has 1 amide bonds. The van der Waals surface area contributed by atoms with Crippen LogP contribution in [0.15, 0.2) is 41.4 Å². The molecule has 0 heterocycles. The molecule has 0 spiro atoms. The Balaban J connectivity index is 2.88. The molecule has 8 heteroatoms. The fraction of sp³-hybridized carbons (Fsp3) is 0.167. The lowest BCUT2D eigenvalue weighted by Gasteiger charge is -2.08. The number of alkyl halides is 2. The Hall–Kier alpha value is -1.37. The number of hydrogen-bond acceptors (Lipinski definition) is 4. The first kappa shape index (κ1) is 16.7. The van der Waals surface area contributed by atoms with Crippen LogP contribution in [0, 0.1) is 0 Å². The molecule has 0 aliphatic rings. The van der Waals surface area contributed by atoms with Gasteiger partial charge in [-0.1, -0.05) is 29.8 Å². The maximum atomic E-state index is 11.9. The molecule has 1 N–H and O–H groups in total. The molecule has 1 aromatic carbocycles. The van der Waals surface area contributed by atoms with Gasteiger partial charge in [0.15, 0.2) is 14.7 Å². The van der Waals surface area contributed by atoms with Gasteiger partial charge in [0, 0.05) is 11.8 Å². The fourth-order valence-electron chi connectivity index (χ4n) is 1.29. The van der Waals surface area contributed by atoms with Crippen LogP contribution in [-0.4, -0.2) is 31.2 Å². The van der Waals surface area contributed by atoms with Crippen molar-refractivity contribution < 1.29 is 18.0 Å². The Morgan fingerprint density at radius 1 is 1.20 bits per heavy atom. The summed E-state index contributed by atoms with van der Waals surface area (Å²) in [4.78, 5) is 21.9. The number of amides is 1. The molecule has 0 aromatic heterocycles. The number of ketones is 1. The van der Waals surface area contributed by atoms with E-state index in [1.807, 2.05) is 0 Å². The predicted octanol–water partition coefficient (Wildman–Crippen LogP) is 1.71. The summed E-state index contributed by atoms with van der Waals surface area (Å²) in [5.74, 6) is -1.33. The van der Waals surface area contributed by atoms with Gasteiger partial charge in [-0.3, -0.25) is 9.59 Å². The number of hydrogen-bond donors (Lipinski definition) is 1. The van der Waals surface area contributed by atoms with Gasteiger partial charge in [-0.05, 0) is 24.3 Å². The predicted molar refractivity (Wildman–Crippen MR) is 76.7 cm³/mol. The summed E-state index contributed by atoms with van der Waals surface area (Å²) < 4.78 is 22.6. The molecular weight excluding hydrogens is 325 g/mol. The van der Waals surface area contributed by atoms with Crippen molar-refractivity contribution in [3.05, 3.63) is 42.1 Å². The zero-order valence-electron chi connectivity index (χ0n) is 10.4. The summed E-state index contributed by atoms with van der Waals surface area (Å²) in [6.45, 7) is 3.41. The second-order valence-corrected chi connectivity index (χ2v) is 7.01. The van der Waals surface area contributed by atoms with Crippen LogP contribution in [0.25, 0.3) is 0 Å². The van der Waals surface area contributed by atoms with Crippen molar-refractivity contribution in [2.24, 2.45) is 0 Å². The van der Waals surface area contributed by atoms with Crippen molar-refractivity contribution in [1.29, 1.82) is 0 Å². The van der Waals surface area contributed by atoms with E-state index in [1.165, 1.54) is 24.3 Å². The summed E-state index contributed by atoms with van der Waals surface area (Å²) in [7, 11) is -3.33. The van der Waals surface area contributed by atoms with Crippen LogP contribution >= 0.6 is 23.2 Å². The van der Waals surface area contributed by atoms with E-state index in [0.29, 0.717) is 0 Å². The van der Waals surface area contributed by atoms with E-state index in [9.17, 15) is 18.0 Å². The molecule has 0 saturated heterocycles. The first-order valence-corrected chi connectivity index (χ1v) is 8.02. The van der Waals surface area contributed by atoms with Crippen molar-refractivity contribution in [3.8, 4) is 0 Å². The van der Waals surface area contributed by atoms with Gasteiger partial charge in [-0.2, -0.15) is 0 Å². The van der Waals surface area contributed by atoms with Gasteiger partial charge < -0.3 is 5.32 Å². The van der Waals surface area contributed by atoms with E-state index in [0.717, 1.165) is 6.26 Å². The normalized spacial score (nSPS) is 11.2. The standard InChI is InChI=1S/C12H11Cl2NO4S/c1-7(15-12(17)11(13)14)10(16)8-3-5-9(6-4-8)20(2,18)19/h3-6,11H,1H2,2H3,(H,15,17). The van der Waals surface area contributed by atoms with Crippen LogP contribution in [0.1, 0.15) is 10.4 Å². The van der Waals surface area contributed by atoms with Crippen molar-refractivity contribution >= 4 is 44.7 Å². The molecule has 1 rings (SSSR count). The Labute approximate surface area is 126 Å². The second-order valence-electron chi connectivity index (χ2n) is 3.89. The molecule has 0 unspecified atom stereocenters. The summed E-state index contributed by atoms with van der Waals surface area (Å²) in [6, 6.07) is 5.25. The zero-order chi connectivity index (χ0) is 15.5. The molecule has 5 nitrogen and oxygen atoms in total. The van der Waals surface area contributed by atoms with Crippen LogP contribution in [0.5, 0.6) is 0 Å². The van der Waals surface area contributed by atoms with E-state index in [4.69, 9.17) is 23.2 Å². The van der Waals surface area contributed by atoms with Crippen LogP contribution in [0.3, 0.4) is 0 Å². The average molecular weight is 336 g/mol. The Morgan fingerprint density at radius 2 is 1.70 bits per heavy atom. The van der Waals surface area contributed by atoms with Crippen molar-refractivity contribution in [2.75, 3.05) is 6.26 Å². The number of sulfone groups is 1. The number of carbonyl (C=O) groups is 2. The molecule has 0 aliphatic carbocycles. The highest BCUT2D eigenvalue weighted by atomic mass is 35.5. The van der Waals surface area contributed by atoms with Crippen molar-refractivity contribution in [3.63, 3.8) is 0 Å². The maximum absolute atomic E-state index is 11.9. The maximum Gasteiger partial charge on any atom is 0.257 e. The van der Waals surface area contributed by atoms with Crippen LogP contribution in [0.4, 0.5) is 0 Å². The second kappa shape index (κ2) is 6.39. The molecule has 0 atom stereocenters. The first-order chi connectivity index (χ1) is 9.12. The molecule has 0 aliphatic heterocycles. The monoisotopic (exact) mass is 335 g/mol. The third-order valence-electron chi connectivity index (χ3n) is 2.29. The molecular formula is C12H11Cl2NO4S. The number of allylic oxidation sites excluding steroid dienone is 1. The van der Waals surface area contributed by atoms with Crippen LogP contribution in [-0.2, 0) is 14.6 Å². The first-order valence-electron chi connectivity index (χ1n) is 5.25. The van der Waals surface area contributed by atoms with E-state index < -0.39 is 26.4 Å². The van der Waals surface area contributed by atoms with E-state index in [-0.39, 0.29) is 16.2 Å². The summed E-state index contributed by atoms with van der Waals surface area (Å²) >= 11 is 10.7. The minimum atomic E-state index is -3.33. The van der Waals surface area contributed by atoms with E-state index >= 15 is 0 Å². The lowest BCUT2D eigenvalue weighted by molar-refractivity contribution is -0.118. The number of Topliss-reactive ketones (excluding diaryl/α,β-unsaturated/α-hetero) is 1. The minimum Gasteiger partial charge on any atom is -0.321 e. The quantitative estimate of drug-likeness (QED) is 0.504. The smallest absolute Gasteiger partial charge is 0.257 e. The third-order valence-corrected chi connectivity index (χ3v) is 3.82. The van der Waals surface area contributed by atoms with E-state index in [1.54, 1.807) is 0 Å². The molecule has 108 valence electrons. The highest BCUT2D eigenvalue weighted by molar-refractivity contribution is 7.90. The molecule has 0 fully saturated rings. The van der Waals surface area contributed by atoms with Gasteiger partial charge in [0.25, 0.3) is 5.91 Å². The lowest BCUT2D eigenvalue weighted by atomic mass is 10.1. The number of halogens is 2. The summed E-state index contributed by atoms with van der Waals surface area (Å²) in [5, 5.41) is 2.16. The molecule has 20 heavy (non-hydrogen) atoms. The summed E-state index contributed by atoms with van der Waals surface area (Å²) in [5.41, 5.74) is -0.0169. The van der Waals surface area contributed by atoms with Crippen LogP contribution < -0.4 is 5.32 Å². The Bertz CT molecular complexity index is 651. The van der Waals surface area contributed by atoms with Crippen molar-refractivity contribution in [1.82, 2.24) is 5.32 Å². The fourth-order valence-corrected chi connectivity index (χ4v) is 2.03. The van der Waals surface area contributed by atoms with Crippen molar-refractivity contribution in [2.45, 2.75) is 9.73 Å². The number of rotatable bonds is 5. The highest BCUT2D eigenvalue weighted by Crippen LogP contribution is 2.13. The molecule has 1 aromatic rings. The molecule has 0 bridgehead atoms. The topological polar surface area (TPSA) is 80.3 Å². The number of nitrogens with one attached hydrogen (secondary N) is 1. The van der Waals surface area contributed by atoms with Gasteiger partial charge in [0.2, 0.25) is 5.78 Å². The SMILES string of the molecule is C=C(NC(=O)C(Cl)Cl)C(=O)c1ccc(S(C)(=O)=O)cc1.